The van der Waals surface area contributed by atoms with Crippen molar-refractivity contribution in [2.45, 2.75) is 60.0 Å². The maximum atomic E-state index is 9.52. The first-order valence-electron chi connectivity index (χ1n) is 5.05. The van der Waals surface area contributed by atoms with E-state index < -0.39 is 0 Å². The molecule has 2 atom stereocenters. The average molecular weight is 172 g/mol. The van der Waals surface area contributed by atoms with Crippen molar-refractivity contribution in [3.63, 3.8) is 0 Å². The lowest BCUT2D eigenvalue weighted by molar-refractivity contribution is 0.101. The molecule has 0 aliphatic carbocycles. The van der Waals surface area contributed by atoms with Crippen molar-refractivity contribution in [2.75, 3.05) is 0 Å². The van der Waals surface area contributed by atoms with Gasteiger partial charge >= 0.3 is 0 Å². The van der Waals surface area contributed by atoms with Crippen LogP contribution in [0.15, 0.2) is 0 Å². The zero-order valence-corrected chi connectivity index (χ0v) is 9.22. The highest BCUT2D eigenvalue weighted by atomic mass is 16.3. The Bertz CT molecular complexity index is 113. The monoisotopic (exact) mass is 172 g/mol. The third kappa shape index (κ3) is 5.59. The zero-order chi connectivity index (χ0) is 9.78. The second-order valence-corrected chi connectivity index (χ2v) is 5.05. The van der Waals surface area contributed by atoms with Gasteiger partial charge < -0.3 is 5.11 Å². The smallest absolute Gasteiger partial charge is 0.0563 e. The van der Waals surface area contributed by atoms with E-state index in [4.69, 9.17) is 0 Å². The molecule has 0 saturated heterocycles. The van der Waals surface area contributed by atoms with Gasteiger partial charge in [-0.1, -0.05) is 34.6 Å². The summed E-state index contributed by atoms with van der Waals surface area (Å²) in [5, 5.41) is 9.52. The molecule has 0 aromatic carbocycles. The maximum Gasteiger partial charge on any atom is 0.0563 e. The molecule has 0 bridgehead atoms. The predicted octanol–water partition coefficient (Wildman–Crippen LogP) is 3.22. The van der Waals surface area contributed by atoms with Crippen LogP contribution in [0.2, 0.25) is 0 Å². The third-order valence-corrected chi connectivity index (χ3v) is 2.42. The SMILES string of the molecule is CCC(O)C(C)CCC(C)(C)C. The second kappa shape index (κ2) is 4.86. The van der Waals surface area contributed by atoms with Crippen LogP contribution in [-0.4, -0.2) is 11.2 Å². The molecule has 1 heteroatoms. The van der Waals surface area contributed by atoms with Gasteiger partial charge in [-0.25, -0.2) is 0 Å². The van der Waals surface area contributed by atoms with Crippen molar-refractivity contribution in [1.29, 1.82) is 0 Å². The molecule has 0 saturated carbocycles. The molecule has 0 heterocycles. The predicted molar refractivity (Wildman–Crippen MR) is 54.2 cm³/mol. The highest BCUT2D eigenvalue weighted by Crippen LogP contribution is 2.25. The molecule has 0 aliphatic rings. The fourth-order valence-electron chi connectivity index (χ4n) is 1.26. The van der Waals surface area contributed by atoms with Gasteiger partial charge in [0.05, 0.1) is 6.10 Å². The summed E-state index contributed by atoms with van der Waals surface area (Å²) in [7, 11) is 0. The van der Waals surface area contributed by atoms with Gasteiger partial charge in [0.15, 0.2) is 0 Å². The summed E-state index contributed by atoms with van der Waals surface area (Å²) in [6.07, 6.45) is 3.11. The quantitative estimate of drug-likeness (QED) is 0.690. The van der Waals surface area contributed by atoms with Crippen LogP contribution in [-0.2, 0) is 0 Å². The molecule has 0 spiro atoms. The Kier molecular flexibility index (Phi) is 4.84. The van der Waals surface area contributed by atoms with Crippen LogP contribution in [0.1, 0.15) is 53.9 Å². The first-order valence-corrected chi connectivity index (χ1v) is 5.05. The van der Waals surface area contributed by atoms with E-state index in [1.807, 2.05) is 6.92 Å². The van der Waals surface area contributed by atoms with E-state index in [1.54, 1.807) is 0 Å². The Labute approximate surface area is 77.2 Å². The van der Waals surface area contributed by atoms with Gasteiger partial charge in [-0.15, -0.1) is 0 Å². The summed E-state index contributed by atoms with van der Waals surface area (Å²) < 4.78 is 0. The Hall–Kier alpha value is -0.0400. The summed E-state index contributed by atoms with van der Waals surface area (Å²) in [5.41, 5.74) is 0.404. The van der Waals surface area contributed by atoms with Gasteiger partial charge in [0.2, 0.25) is 0 Å². The minimum absolute atomic E-state index is 0.104. The van der Waals surface area contributed by atoms with Crippen LogP contribution < -0.4 is 0 Å². The second-order valence-electron chi connectivity index (χ2n) is 5.05. The molecule has 0 aliphatic heterocycles. The summed E-state index contributed by atoms with van der Waals surface area (Å²) in [4.78, 5) is 0. The molecular formula is C11H24O. The molecule has 2 unspecified atom stereocenters. The lowest BCUT2D eigenvalue weighted by atomic mass is 9.85. The van der Waals surface area contributed by atoms with Gasteiger partial charge in [-0.05, 0) is 30.6 Å². The van der Waals surface area contributed by atoms with Crippen molar-refractivity contribution in [2.24, 2.45) is 11.3 Å². The average Bonchev–Trinajstić information content (AvgIpc) is 1.97. The van der Waals surface area contributed by atoms with Gasteiger partial charge in [-0.2, -0.15) is 0 Å². The molecule has 0 aromatic heterocycles. The Balaban J connectivity index is 3.64. The molecular weight excluding hydrogens is 148 g/mol. The Morgan fingerprint density at radius 1 is 1.25 bits per heavy atom. The lowest BCUT2D eigenvalue weighted by Crippen LogP contribution is -2.18. The van der Waals surface area contributed by atoms with Crippen LogP contribution in [0.4, 0.5) is 0 Å². The van der Waals surface area contributed by atoms with Gasteiger partial charge in [0, 0.05) is 0 Å². The van der Waals surface area contributed by atoms with E-state index in [1.165, 1.54) is 6.42 Å². The van der Waals surface area contributed by atoms with Crippen LogP contribution in [0.3, 0.4) is 0 Å². The number of aliphatic hydroxyl groups is 1. The lowest BCUT2D eigenvalue weighted by Gasteiger charge is -2.23. The molecule has 0 fully saturated rings. The van der Waals surface area contributed by atoms with Crippen molar-refractivity contribution >= 4 is 0 Å². The highest BCUT2D eigenvalue weighted by Gasteiger charge is 2.16. The largest absolute Gasteiger partial charge is 0.393 e. The standard InChI is InChI=1S/C11H24O/c1-6-10(12)9(2)7-8-11(3,4)5/h9-10,12H,6-8H2,1-5H3. The third-order valence-electron chi connectivity index (χ3n) is 2.42. The van der Waals surface area contributed by atoms with Crippen molar-refractivity contribution in [3.05, 3.63) is 0 Å². The van der Waals surface area contributed by atoms with Crippen LogP contribution in [0.5, 0.6) is 0 Å². The maximum absolute atomic E-state index is 9.52. The van der Waals surface area contributed by atoms with Crippen LogP contribution in [0, 0.1) is 11.3 Å². The van der Waals surface area contributed by atoms with E-state index in [9.17, 15) is 5.11 Å². The van der Waals surface area contributed by atoms with Gasteiger partial charge in [0.25, 0.3) is 0 Å². The van der Waals surface area contributed by atoms with Crippen molar-refractivity contribution < 1.29 is 5.11 Å². The summed E-state index contributed by atoms with van der Waals surface area (Å²) in [5.74, 6) is 0.453. The highest BCUT2D eigenvalue weighted by molar-refractivity contribution is 4.68. The van der Waals surface area contributed by atoms with Gasteiger partial charge in [0.1, 0.15) is 0 Å². The fourth-order valence-corrected chi connectivity index (χ4v) is 1.26. The topological polar surface area (TPSA) is 20.2 Å². The van der Waals surface area contributed by atoms with E-state index >= 15 is 0 Å². The number of rotatable bonds is 4. The number of hydrogen-bond acceptors (Lipinski definition) is 1. The summed E-state index contributed by atoms with van der Waals surface area (Å²) in [6.45, 7) is 10.9. The Morgan fingerprint density at radius 3 is 2.08 bits per heavy atom. The minimum Gasteiger partial charge on any atom is -0.393 e. The molecule has 1 N–H and O–H groups in total. The number of hydrogen-bond donors (Lipinski definition) is 1. The van der Waals surface area contributed by atoms with E-state index in [0.717, 1.165) is 12.8 Å². The van der Waals surface area contributed by atoms with E-state index in [-0.39, 0.29) is 6.10 Å². The van der Waals surface area contributed by atoms with Gasteiger partial charge in [-0.3, -0.25) is 0 Å². The molecule has 0 rings (SSSR count). The molecule has 74 valence electrons. The Morgan fingerprint density at radius 2 is 1.75 bits per heavy atom. The van der Waals surface area contributed by atoms with Crippen molar-refractivity contribution in [1.82, 2.24) is 0 Å². The molecule has 1 nitrogen and oxygen atoms in total. The summed E-state index contributed by atoms with van der Waals surface area (Å²) >= 11 is 0. The zero-order valence-electron chi connectivity index (χ0n) is 9.22. The fraction of sp³-hybridized carbons (Fsp3) is 1.00. The first kappa shape index (κ1) is 12.0. The molecule has 0 radical (unpaired) electrons. The van der Waals surface area contributed by atoms with E-state index in [0.29, 0.717) is 11.3 Å². The normalized spacial score (nSPS) is 17.5. The molecule has 0 aromatic rings. The van der Waals surface area contributed by atoms with Crippen LogP contribution in [0.25, 0.3) is 0 Å². The first-order chi connectivity index (χ1) is 5.37. The number of aliphatic hydroxyl groups excluding tert-OH is 1. The van der Waals surface area contributed by atoms with Crippen molar-refractivity contribution in [3.8, 4) is 0 Å². The van der Waals surface area contributed by atoms with E-state index in [2.05, 4.69) is 27.7 Å². The van der Waals surface area contributed by atoms with Crippen LogP contribution >= 0.6 is 0 Å². The minimum atomic E-state index is -0.104. The molecule has 12 heavy (non-hydrogen) atoms. The summed E-state index contributed by atoms with van der Waals surface area (Å²) in [6, 6.07) is 0. The molecule has 0 amide bonds.